The van der Waals surface area contributed by atoms with Gasteiger partial charge in [0.2, 0.25) is 0 Å². The zero-order chi connectivity index (χ0) is 47.0. The number of anilines is 6. The normalized spacial score (nSPS) is 12.2. The fraction of sp³-hybridized carbons (Fsp3) is 0. The molecule has 72 heavy (non-hydrogen) atoms. The van der Waals surface area contributed by atoms with Crippen LogP contribution in [0.2, 0.25) is 0 Å². The Bertz CT molecular complexity index is 4580. The molecule has 6 nitrogen and oxygen atoms in total. The SMILES string of the molecule is c1ccc(N(c2ccc3c(c2)oc2cc4ccccc4cc23)c2cccc3c2oc2c3ccc3c2ccc2c4cccc(N(c5ccccc5)c5ccc6c(c5)oc5cc7ccccc7cc56)c4oc23)cc1. The number of hydrogen-bond donors (Lipinski definition) is 0. The largest absolute Gasteiger partial charge is 0.456 e. The first-order valence-corrected chi connectivity index (χ1v) is 24.3. The average molecular weight is 923 g/mol. The predicted octanol–water partition coefficient (Wildman–Crippen LogP) is 19.7. The van der Waals surface area contributed by atoms with Crippen molar-refractivity contribution in [3.8, 4) is 0 Å². The van der Waals surface area contributed by atoms with Crippen LogP contribution in [-0.2, 0) is 0 Å². The van der Waals surface area contributed by atoms with Gasteiger partial charge in [-0.25, -0.2) is 0 Å². The van der Waals surface area contributed by atoms with Crippen molar-refractivity contribution >= 4 is 154 Å². The van der Waals surface area contributed by atoms with Crippen LogP contribution in [0.3, 0.4) is 0 Å². The van der Waals surface area contributed by atoms with E-state index in [-0.39, 0.29) is 0 Å². The molecule has 0 fully saturated rings. The minimum absolute atomic E-state index is 0.792. The van der Waals surface area contributed by atoms with Crippen molar-refractivity contribution < 1.29 is 17.7 Å². The summed E-state index contributed by atoms with van der Waals surface area (Å²) < 4.78 is 27.5. The Morgan fingerprint density at radius 1 is 0.208 bits per heavy atom. The zero-order valence-corrected chi connectivity index (χ0v) is 38.5. The highest BCUT2D eigenvalue weighted by Gasteiger charge is 2.25. The number of rotatable bonds is 6. The van der Waals surface area contributed by atoms with Gasteiger partial charge in [0.05, 0.1) is 22.7 Å². The molecule has 4 aromatic heterocycles. The van der Waals surface area contributed by atoms with Gasteiger partial charge in [0.1, 0.15) is 33.5 Å². The van der Waals surface area contributed by atoms with Gasteiger partial charge in [-0.1, -0.05) is 109 Å². The lowest BCUT2D eigenvalue weighted by molar-refractivity contribution is 0.668. The average Bonchev–Trinajstić information content (AvgIpc) is 4.20. The van der Waals surface area contributed by atoms with E-state index in [2.05, 4.69) is 228 Å². The highest BCUT2D eigenvalue weighted by molar-refractivity contribution is 6.25. The third kappa shape index (κ3) is 5.72. The maximum absolute atomic E-state index is 7.16. The summed E-state index contributed by atoms with van der Waals surface area (Å²) in [6.45, 7) is 0. The van der Waals surface area contributed by atoms with Gasteiger partial charge >= 0.3 is 0 Å². The Morgan fingerprint density at radius 2 is 0.556 bits per heavy atom. The summed E-state index contributed by atoms with van der Waals surface area (Å²) in [5, 5.41) is 15.1. The molecule has 0 aliphatic carbocycles. The monoisotopic (exact) mass is 922 g/mol. The quantitative estimate of drug-likeness (QED) is 0.166. The van der Waals surface area contributed by atoms with Gasteiger partial charge in [-0.2, -0.15) is 0 Å². The van der Waals surface area contributed by atoms with Crippen LogP contribution in [-0.4, -0.2) is 0 Å². The summed E-state index contributed by atoms with van der Waals surface area (Å²) in [4.78, 5) is 4.53. The maximum Gasteiger partial charge on any atom is 0.159 e. The summed E-state index contributed by atoms with van der Waals surface area (Å²) >= 11 is 0. The van der Waals surface area contributed by atoms with Gasteiger partial charge in [0.25, 0.3) is 0 Å². The van der Waals surface area contributed by atoms with Crippen LogP contribution in [0.15, 0.2) is 248 Å². The van der Waals surface area contributed by atoms with Crippen molar-refractivity contribution in [2.45, 2.75) is 0 Å². The topological polar surface area (TPSA) is 59.0 Å². The van der Waals surface area contributed by atoms with Crippen molar-refractivity contribution in [2.24, 2.45) is 0 Å². The minimum atomic E-state index is 0.792. The molecular formula is C66H38N2O4. The van der Waals surface area contributed by atoms with E-state index >= 15 is 0 Å². The van der Waals surface area contributed by atoms with Gasteiger partial charge in [-0.05, 0) is 131 Å². The van der Waals surface area contributed by atoms with Crippen LogP contribution in [0.25, 0.3) is 120 Å². The smallest absolute Gasteiger partial charge is 0.159 e. The van der Waals surface area contributed by atoms with Crippen molar-refractivity contribution in [3.05, 3.63) is 231 Å². The second-order valence-corrected chi connectivity index (χ2v) is 18.8. The molecule has 0 bridgehead atoms. The Morgan fingerprint density at radius 3 is 0.972 bits per heavy atom. The molecule has 0 saturated heterocycles. The van der Waals surface area contributed by atoms with E-state index < -0.39 is 0 Å². The molecule has 12 aromatic carbocycles. The molecule has 0 atom stereocenters. The Labute approximate surface area is 410 Å². The lowest BCUT2D eigenvalue weighted by atomic mass is 10.0. The number of hydrogen-bond acceptors (Lipinski definition) is 6. The Kier molecular flexibility index (Phi) is 8.07. The molecule has 0 amide bonds. The standard InChI is InChI=1S/C66H38N2O4/c1-3-17-43(18-4-1)67(45-25-27-47-55-33-39-13-7-9-15-41(39)35-59(55)69-61(47)37-45)57-23-11-21-49-51-29-31-54-53(63(51)71-65(49)57)32-30-52-50-22-12-24-58(66(50)72-64(52)54)68(44-19-5-2-6-20-44)46-26-28-48-56-34-40-14-8-10-16-42(40)36-60(56)70-62(48)38-46/h1-38H. The van der Waals surface area contributed by atoms with E-state index in [1.54, 1.807) is 0 Å². The molecule has 16 aromatic rings. The molecule has 16 rings (SSSR count). The van der Waals surface area contributed by atoms with E-state index in [1.165, 1.54) is 10.8 Å². The summed E-state index contributed by atoms with van der Waals surface area (Å²) in [5.74, 6) is 0. The fourth-order valence-electron chi connectivity index (χ4n) is 11.4. The molecule has 336 valence electrons. The molecule has 0 N–H and O–H groups in total. The van der Waals surface area contributed by atoms with Crippen LogP contribution >= 0.6 is 0 Å². The number of benzene rings is 12. The number of furan rings is 4. The first kappa shape index (κ1) is 39.1. The first-order valence-electron chi connectivity index (χ1n) is 24.3. The van der Waals surface area contributed by atoms with Crippen LogP contribution in [0.1, 0.15) is 0 Å². The summed E-state index contributed by atoms with van der Waals surface area (Å²) in [5.41, 5.74) is 12.4. The van der Waals surface area contributed by atoms with Crippen molar-refractivity contribution in [1.82, 2.24) is 0 Å². The zero-order valence-electron chi connectivity index (χ0n) is 38.5. The molecular weight excluding hydrogens is 885 g/mol. The molecule has 0 aliphatic heterocycles. The third-order valence-electron chi connectivity index (χ3n) is 14.8. The molecule has 6 heteroatoms. The lowest BCUT2D eigenvalue weighted by Gasteiger charge is -2.25. The van der Waals surface area contributed by atoms with Gasteiger partial charge in [-0.3, -0.25) is 0 Å². The van der Waals surface area contributed by atoms with Gasteiger partial charge in [0, 0.05) is 77.4 Å². The van der Waals surface area contributed by atoms with E-state index in [1.807, 2.05) is 12.1 Å². The van der Waals surface area contributed by atoms with Crippen LogP contribution in [0.5, 0.6) is 0 Å². The van der Waals surface area contributed by atoms with E-state index in [4.69, 9.17) is 17.7 Å². The summed E-state index contributed by atoms with van der Waals surface area (Å²) in [6, 6.07) is 81.1. The number of para-hydroxylation sites is 4. The molecule has 0 radical (unpaired) electrons. The van der Waals surface area contributed by atoms with Gasteiger partial charge in [-0.15, -0.1) is 0 Å². The van der Waals surface area contributed by atoms with E-state index in [0.29, 0.717) is 0 Å². The van der Waals surface area contributed by atoms with E-state index in [0.717, 1.165) is 143 Å². The second kappa shape index (κ2) is 14.9. The third-order valence-corrected chi connectivity index (χ3v) is 14.8. The summed E-state index contributed by atoms with van der Waals surface area (Å²) in [7, 11) is 0. The number of fused-ring (bicyclic) bond motifs is 17. The van der Waals surface area contributed by atoms with Crippen LogP contribution < -0.4 is 9.80 Å². The van der Waals surface area contributed by atoms with Crippen LogP contribution in [0.4, 0.5) is 34.1 Å². The molecule has 4 heterocycles. The maximum atomic E-state index is 7.16. The van der Waals surface area contributed by atoms with Crippen molar-refractivity contribution in [2.75, 3.05) is 9.80 Å². The van der Waals surface area contributed by atoms with Crippen LogP contribution in [0, 0.1) is 0 Å². The predicted molar refractivity (Wildman–Crippen MR) is 297 cm³/mol. The van der Waals surface area contributed by atoms with Crippen molar-refractivity contribution in [3.63, 3.8) is 0 Å². The second-order valence-electron chi connectivity index (χ2n) is 18.8. The molecule has 0 aliphatic rings. The lowest BCUT2D eigenvalue weighted by Crippen LogP contribution is -2.09. The first-order chi connectivity index (χ1) is 35.7. The highest BCUT2D eigenvalue weighted by atomic mass is 16.3. The Balaban J connectivity index is 0.853. The molecule has 0 unspecified atom stereocenters. The highest BCUT2D eigenvalue weighted by Crippen LogP contribution is 2.48. The Hall–Kier alpha value is -9.78. The fourth-order valence-corrected chi connectivity index (χ4v) is 11.4. The van der Waals surface area contributed by atoms with Gasteiger partial charge < -0.3 is 27.5 Å². The van der Waals surface area contributed by atoms with Crippen molar-refractivity contribution in [1.29, 1.82) is 0 Å². The molecule has 0 spiro atoms. The van der Waals surface area contributed by atoms with E-state index in [9.17, 15) is 0 Å². The summed E-state index contributed by atoms with van der Waals surface area (Å²) in [6.07, 6.45) is 0. The molecule has 0 saturated carbocycles. The number of nitrogens with zero attached hydrogens (tertiary/aromatic N) is 2. The van der Waals surface area contributed by atoms with Gasteiger partial charge in [0.15, 0.2) is 11.2 Å². The minimum Gasteiger partial charge on any atom is -0.456 e.